The molecule has 0 bridgehead atoms. The van der Waals surface area contributed by atoms with E-state index in [2.05, 4.69) is 17.6 Å². The number of amides is 1. The van der Waals surface area contributed by atoms with Crippen LogP contribution < -0.4 is 10.6 Å². The van der Waals surface area contributed by atoms with Crippen LogP contribution in [0.1, 0.15) is 31.9 Å². The minimum absolute atomic E-state index is 0.0784. The molecule has 0 heterocycles. The number of rotatable bonds is 6. The lowest BCUT2D eigenvalue weighted by Crippen LogP contribution is -2.43. The van der Waals surface area contributed by atoms with Gasteiger partial charge in [0.15, 0.2) is 0 Å². The van der Waals surface area contributed by atoms with Gasteiger partial charge in [0.05, 0.1) is 5.41 Å². The molecule has 0 atom stereocenters. The topological polar surface area (TPSA) is 41.1 Å². The van der Waals surface area contributed by atoms with Gasteiger partial charge in [0, 0.05) is 13.1 Å². The lowest BCUT2D eigenvalue weighted by atomic mass is 9.81. The molecule has 0 saturated heterocycles. The highest BCUT2D eigenvalue weighted by Crippen LogP contribution is 2.26. The molecule has 3 nitrogen and oxygen atoms in total. The summed E-state index contributed by atoms with van der Waals surface area (Å²) in [4.78, 5) is 12.2. The van der Waals surface area contributed by atoms with Crippen molar-refractivity contribution in [2.24, 2.45) is 0 Å². The zero-order chi connectivity index (χ0) is 13.6. The molecule has 1 rings (SSSR count). The van der Waals surface area contributed by atoms with Crippen LogP contribution in [0.3, 0.4) is 0 Å². The predicted octanol–water partition coefficient (Wildman–Crippen LogP) is 2.00. The largest absolute Gasteiger partial charge is 0.354 e. The van der Waals surface area contributed by atoms with Gasteiger partial charge in [0.1, 0.15) is 0 Å². The molecule has 0 aliphatic rings. The first-order valence-corrected chi connectivity index (χ1v) is 6.55. The molecule has 0 aliphatic carbocycles. The van der Waals surface area contributed by atoms with Crippen LogP contribution in [-0.4, -0.2) is 25.5 Å². The van der Waals surface area contributed by atoms with E-state index in [9.17, 15) is 4.79 Å². The van der Waals surface area contributed by atoms with Gasteiger partial charge in [-0.1, -0.05) is 31.2 Å². The molecule has 0 unspecified atom stereocenters. The van der Waals surface area contributed by atoms with Crippen LogP contribution >= 0.6 is 0 Å². The van der Waals surface area contributed by atoms with E-state index in [1.54, 1.807) is 0 Å². The van der Waals surface area contributed by atoms with Crippen molar-refractivity contribution in [2.45, 2.75) is 33.1 Å². The molecule has 100 valence electrons. The number of nitrogens with one attached hydrogen (secondary N) is 2. The Bertz CT molecular complexity index is 399. The van der Waals surface area contributed by atoms with Crippen molar-refractivity contribution < 1.29 is 4.79 Å². The predicted molar refractivity (Wildman–Crippen MR) is 75.8 cm³/mol. The van der Waals surface area contributed by atoms with Crippen molar-refractivity contribution in [3.05, 3.63) is 35.4 Å². The minimum Gasteiger partial charge on any atom is -0.354 e. The standard InChI is InChI=1S/C15H24N2O/c1-5-16-10-11-17-14(18)15(3,4)13-9-7-6-8-12(13)2/h6-9,16H,5,10-11H2,1-4H3,(H,17,18). The summed E-state index contributed by atoms with van der Waals surface area (Å²) >= 11 is 0. The fourth-order valence-corrected chi connectivity index (χ4v) is 2.06. The van der Waals surface area contributed by atoms with Crippen LogP contribution in [0.25, 0.3) is 0 Å². The maximum Gasteiger partial charge on any atom is 0.230 e. The Morgan fingerprint density at radius 1 is 1.22 bits per heavy atom. The number of hydrogen-bond acceptors (Lipinski definition) is 2. The van der Waals surface area contributed by atoms with Gasteiger partial charge in [-0.2, -0.15) is 0 Å². The highest BCUT2D eigenvalue weighted by Gasteiger charge is 2.30. The van der Waals surface area contributed by atoms with Crippen molar-refractivity contribution in [3.63, 3.8) is 0 Å². The summed E-state index contributed by atoms with van der Waals surface area (Å²) in [5.74, 6) is 0.0784. The SMILES string of the molecule is CCNCCNC(=O)C(C)(C)c1ccccc1C. The van der Waals surface area contributed by atoms with Crippen LogP contribution in [-0.2, 0) is 10.2 Å². The van der Waals surface area contributed by atoms with Crippen LogP contribution in [0.2, 0.25) is 0 Å². The minimum atomic E-state index is -0.489. The second-order valence-electron chi connectivity index (χ2n) is 5.05. The number of carbonyl (C=O) groups is 1. The molecule has 0 aliphatic heterocycles. The number of aryl methyl sites for hydroxylation is 1. The quantitative estimate of drug-likeness (QED) is 0.756. The fourth-order valence-electron chi connectivity index (χ4n) is 2.06. The number of benzene rings is 1. The summed E-state index contributed by atoms with van der Waals surface area (Å²) in [7, 11) is 0. The molecule has 0 radical (unpaired) electrons. The Hall–Kier alpha value is -1.35. The third kappa shape index (κ3) is 3.57. The van der Waals surface area contributed by atoms with Crippen LogP contribution in [0, 0.1) is 6.92 Å². The molecular weight excluding hydrogens is 224 g/mol. The molecule has 2 N–H and O–H groups in total. The summed E-state index contributed by atoms with van der Waals surface area (Å²) in [5, 5.41) is 6.17. The van der Waals surface area contributed by atoms with E-state index < -0.39 is 5.41 Å². The van der Waals surface area contributed by atoms with Gasteiger partial charge < -0.3 is 10.6 Å². The van der Waals surface area contributed by atoms with Gasteiger partial charge in [-0.3, -0.25) is 4.79 Å². The van der Waals surface area contributed by atoms with Gasteiger partial charge in [-0.05, 0) is 38.4 Å². The van der Waals surface area contributed by atoms with Gasteiger partial charge in [0.2, 0.25) is 5.91 Å². The number of likely N-dealkylation sites (N-methyl/N-ethyl adjacent to an activating group) is 1. The zero-order valence-electron chi connectivity index (χ0n) is 11.8. The van der Waals surface area contributed by atoms with E-state index in [1.165, 1.54) is 0 Å². The van der Waals surface area contributed by atoms with Gasteiger partial charge in [-0.15, -0.1) is 0 Å². The van der Waals surface area contributed by atoms with Gasteiger partial charge in [0.25, 0.3) is 0 Å². The molecule has 0 spiro atoms. The smallest absolute Gasteiger partial charge is 0.230 e. The van der Waals surface area contributed by atoms with E-state index in [-0.39, 0.29) is 5.91 Å². The highest BCUT2D eigenvalue weighted by atomic mass is 16.2. The number of hydrogen-bond donors (Lipinski definition) is 2. The van der Waals surface area contributed by atoms with Gasteiger partial charge in [-0.25, -0.2) is 0 Å². The van der Waals surface area contributed by atoms with E-state index >= 15 is 0 Å². The Kier molecular flexibility index (Phi) is 5.35. The van der Waals surface area contributed by atoms with Crippen LogP contribution in [0.4, 0.5) is 0 Å². The Labute approximate surface area is 110 Å². The Morgan fingerprint density at radius 3 is 2.50 bits per heavy atom. The first-order chi connectivity index (χ1) is 8.50. The molecule has 1 aromatic rings. The maximum atomic E-state index is 12.2. The van der Waals surface area contributed by atoms with Crippen molar-refractivity contribution in [1.29, 1.82) is 0 Å². The van der Waals surface area contributed by atoms with Crippen LogP contribution in [0.15, 0.2) is 24.3 Å². The third-order valence-electron chi connectivity index (χ3n) is 3.22. The second kappa shape index (κ2) is 6.55. The monoisotopic (exact) mass is 248 g/mol. The summed E-state index contributed by atoms with van der Waals surface area (Å²) in [6, 6.07) is 8.05. The highest BCUT2D eigenvalue weighted by molar-refractivity contribution is 5.87. The maximum absolute atomic E-state index is 12.2. The summed E-state index contributed by atoms with van der Waals surface area (Å²) < 4.78 is 0. The summed E-state index contributed by atoms with van der Waals surface area (Å²) in [6.07, 6.45) is 0. The lowest BCUT2D eigenvalue weighted by Gasteiger charge is -2.26. The molecule has 1 amide bonds. The van der Waals surface area contributed by atoms with Gasteiger partial charge >= 0.3 is 0 Å². The van der Waals surface area contributed by atoms with Crippen molar-refractivity contribution >= 4 is 5.91 Å². The lowest BCUT2D eigenvalue weighted by molar-refractivity contribution is -0.125. The first kappa shape index (κ1) is 14.7. The zero-order valence-corrected chi connectivity index (χ0v) is 11.8. The number of carbonyl (C=O) groups excluding carboxylic acids is 1. The molecule has 0 aromatic heterocycles. The van der Waals surface area contributed by atoms with Crippen molar-refractivity contribution in [1.82, 2.24) is 10.6 Å². The van der Waals surface area contributed by atoms with Crippen molar-refractivity contribution in [2.75, 3.05) is 19.6 Å². The molecule has 18 heavy (non-hydrogen) atoms. The second-order valence-corrected chi connectivity index (χ2v) is 5.05. The average Bonchev–Trinajstić information content (AvgIpc) is 2.34. The first-order valence-electron chi connectivity index (χ1n) is 6.55. The Balaban J connectivity index is 2.68. The van der Waals surface area contributed by atoms with E-state index in [4.69, 9.17) is 0 Å². The van der Waals surface area contributed by atoms with Crippen molar-refractivity contribution in [3.8, 4) is 0 Å². The average molecular weight is 248 g/mol. The van der Waals surface area contributed by atoms with Crippen LogP contribution in [0.5, 0.6) is 0 Å². The molecule has 3 heteroatoms. The third-order valence-corrected chi connectivity index (χ3v) is 3.22. The molecule has 1 aromatic carbocycles. The van der Waals surface area contributed by atoms with E-state index in [0.29, 0.717) is 6.54 Å². The normalized spacial score (nSPS) is 11.3. The summed E-state index contributed by atoms with van der Waals surface area (Å²) in [5.41, 5.74) is 1.76. The van der Waals surface area contributed by atoms with E-state index in [1.807, 2.05) is 45.0 Å². The molecule has 0 fully saturated rings. The summed E-state index contributed by atoms with van der Waals surface area (Å²) in [6.45, 7) is 10.4. The fraction of sp³-hybridized carbons (Fsp3) is 0.533. The Morgan fingerprint density at radius 2 is 1.89 bits per heavy atom. The molecule has 0 saturated carbocycles. The molecular formula is C15H24N2O. The van der Waals surface area contributed by atoms with E-state index in [0.717, 1.165) is 24.2 Å².